The van der Waals surface area contributed by atoms with E-state index in [9.17, 15) is 0 Å². The van der Waals surface area contributed by atoms with Crippen molar-refractivity contribution >= 4 is 39.0 Å². The number of nitrogen functional groups attached to an aromatic ring is 1. The number of thiophene rings is 1. The molecule has 0 atom stereocenters. The first-order valence-corrected chi connectivity index (χ1v) is 11.0. The van der Waals surface area contributed by atoms with Crippen molar-refractivity contribution in [1.29, 1.82) is 0 Å². The fourth-order valence-corrected chi connectivity index (χ4v) is 5.50. The van der Waals surface area contributed by atoms with Gasteiger partial charge in [0.15, 0.2) is 0 Å². The summed E-state index contributed by atoms with van der Waals surface area (Å²) in [5.41, 5.74) is 11.2. The van der Waals surface area contributed by atoms with Gasteiger partial charge in [0.25, 0.3) is 0 Å². The van der Waals surface area contributed by atoms with Gasteiger partial charge in [0, 0.05) is 36.0 Å². The summed E-state index contributed by atoms with van der Waals surface area (Å²) in [4.78, 5) is 18.6. The van der Waals surface area contributed by atoms with Gasteiger partial charge < -0.3 is 10.3 Å². The van der Waals surface area contributed by atoms with Gasteiger partial charge in [-0.05, 0) is 25.2 Å². The smallest absolute Gasteiger partial charge is 0.127 e. The fourth-order valence-electron chi connectivity index (χ4n) is 3.05. The summed E-state index contributed by atoms with van der Waals surface area (Å²) >= 11 is 3.48. The van der Waals surface area contributed by atoms with Gasteiger partial charge in [-0.1, -0.05) is 13.3 Å². The van der Waals surface area contributed by atoms with Gasteiger partial charge in [-0.2, -0.15) is 0 Å². The van der Waals surface area contributed by atoms with E-state index in [0.717, 1.165) is 54.2 Å². The summed E-state index contributed by atoms with van der Waals surface area (Å²) in [7, 11) is 2.02. The van der Waals surface area contributed by atoms with E-state index in [1.54, 1.807) is 23.7 Å². The lowest BCUT2D eigenvalue weighted by atomic mass is 10.1. The summed E-state index contributed by atoms with van der Waals surface area (Å²) < 4.78 is 3.22. The third-order valence-electron chi connectivity index (χ3n) is 4.75. The molecular formula is C20H22N6S2. The molecule has 0 bridgehead atoms. The molecule has 28 heavy (non-hydrogen) atoms. The van der Waals surface area contributed by atoms with Crippen molar-refractivity contribution in [1.82, 2.24) is 24.5 Å². The molecule has 0 spiro atoms. The number of unbranched alkanes of at least 4 members (excludes halogenated alkanes) is 1. The molecule has 0 radical (unpaired) electrons. The molecule has 4 aromatic heterocycles. The molecule has 0 aliphatic heterocycles. The van der Waals surface area contributed by atoms with Gasteiger partial charge in [-0.15, -0.1) is 23.1 Å². The Morgan fingerprint density at radius 2 is 2.00 bits per heavy atom. The first-order chi connectivity index (χ1) is 13.6. The molecule has 0 unspecified atom stereocenters. The van der Waals surface area contributed by atoms with Crippen molar-refractivity contribution in [3.8, 4) is 22.5 Å². The highest BCUT2D eigenvalue weighted by atomic mass is 32.2. The van der Waals surface area contributed by atoms with Crippen LogP contribution in [0.5, 0.6) is 0 Å². The lowest BCUT2D eigenvalue weighted by Crippen LogP contribution is -1.97. The van der Waals surface area contributed by atoms with E-state index in [1.807, 2.05) is 31.9 Å². The van der Waals surface area contributed by atoms with E-state index in [0.29, 0.717) is 0 Å². The maximum Gasteiger partial charge on any atom is 0.127 e. The largest absolute Gasteiger partial charge is 0.397 e. The summed E-state index contributed by atoms with van der Waals surface area (Å²) in [6, 6.07) is 2.07. The number of fused-ring (bicyclic) bond motifs is 1. The molecule has 0 aromatic carbocycles. The van der Waals surface area contributed by atoms with E-state index >= 15 is 0 Å². The molecule has 0 saturated carbocycles. The maximum absolute atomic E-state index is 6.60. The topological polar surface area (TPSA) is 82.5 Å². The Hall–Kier alpha value is -2.45. The predicted molar refractivity (Wildman–Crippen MR) is 118 cm³/mol. The van der Waals surface area contributed by atoms with Crippen LogP contribution in [0.4, 0.5) is 5.69 Å². The van der Waals surface area contributed by atoms with E-state index in [1.165, 1.54) is 19.2 Å². The standard InChI is InChI=1S/C20H22N6S2/c1-4-5-6-27-20-18(21)17-14(16-10-24-12(2)26(16)3)7-15(25-19(17)28-20)13-8-22-11-23-9-13/h7-11H,4-6,21H2,1-3H3. The highest BCUT2D eigenvalue weighted by Crippen LogP contribution is 2.45. The second-order valence-electron chi connectivity index (χ2n) is 6.62. The molecule has 0 fully saturated rings. The third-order valence-corrected chi connectivity index (χ3v) is 7.22. The van der Waals surface area contributed by atoms with Crippen molar-refractivity contribution in [2.45, 2.75) is 30.9 Å². The normalized spacial score (nSPS) is 11.4. The zero-order chi connectivity index (χ0) is 19.7. The average molecular weight is 411 g/mol. The minimum absolute atomic E-state index is 0.818. The quantitative estimate of drug-likeness (QED) is 0.358. The molecule has 4 heterocycles. The molecule has 0 amide bonds. The molecule has 2 N–H and O–H groups in total. The highest BCUT2D eigenvalue weighted by molar-refractivity contribution is 8.01. The minimum Gasteiger partial charge on any atom is -0.397 e. The first kappa shape index (κ1) is 18.9. The van der Waals surface area contributed by atoms with E-state index in [4.69, 9.17) is 10.7 Å². The number of nitrogens with zero attached hydrogens (tertiary/aromatic N) is 5. The maximum atomic E-state index is 6.60. The zero-order valence-electron chi connectivity index (χ0n) is 16.1. The molecule has 6 nitrogen and oxygen atoms in total. The van der Waals surface area contributed by atoms with Crippen molar-refractivity contribution in [3.63, 3.8) is 0 Å². The molecule has 0 aliphatic carbocycles. The summed E-state index contributed by atoms with van der Waals surface area (Å²) in [5, 5.41) is 1.01. The van der Waals surface area contributed by atoms with Crippen LogP contribution in [0.3, 0.4) is 0 Å². The number of thioether (sulfide) groups is 1. The number of nitrogens with two attached hydrogens (primary N) is 1. The highest BCUT2D eigenvalue weighted by Gasteiger charge is 2.20. The Balaban J connectivity index is 1.94. The molecular weight excluding hydrogens is 388 g/mol. The van der Waals surface area contributed by atoms with Crippen LogP contribution < -0.4 is 5.73 Å². The van der Waals surface area contributed by atoms with E-state index in [2.05, 4.69) is 32.5 Å². The molecule has 0 saturated heterocycles. The summed E-state index contributed by atoms with van der Waals surface area (Å²) in [6.07, 6.45) is 9.34. The van der Waals surface area contributed by atoms with E-state index in [-0.39, 0.29) is 0 Å². The van der Waals surface area contributed by atoms with Crippen LogP contribution in [0, 0.1) is 6.92 Å². The average Bonchev–Trinajstić information content (AvgIpc) is 3.22. The number of anilines is 1. The van der Waals surface area contributed by atoms with Crippen molar-refractivity contribution in [3.05, 3.63) is 36.8 Å². The van der Waals surface area contributed by atoms with Crippen LogP contribution in [-0.2, 0) is 7.05 Å². The lowest BCUT2D eigenvalue weighted by molar-refractivity contribution is 0.865. The number of aromatic nitrogens is 5. The Kier molecular flexibility index (Phi) is 5.32. The summed E-state index contributed by atoms with van der Waals surface area (Å²) in [5.74, 6) is 2.02. The molecule has 144 valence electrons. The number of hydrogen-bond donors (Lipinski definition) is 1. The molecule has 8 heteroatoms. The number of pyridine rings is 1. The summed E-state index contributed by atoms with van der Waals surface area (Å²) in [6.45, 7) is 4.20. The van der Waals surface area contributed by atoms with Gasteiger partial charge >= 0.3 is 0 Å². The van der Waals surface area contributed by atoms with Gasteiger partial charge in [0.05, 0.1) is 27.5 Å². The molecule has 0 aliphatic rings. The van der Waals surface area contributed by atoms with Gasteiger partial charge in [0.1, 0.15) is 17.0 Å². The second kappa shape index (κ2) is 7.89. The first-order valence-electron chi connectivity index (χ1n) is 9.20. The second-order valence-corrected chi connectivity index (χ2v) is 8.98. The predicted octanol–water partition coefficient (Wildman–Crippen LogP) is 4.94. The van der Waals surface area contributed by atoms with Crippen molar-refractivity contribution in [2.24, 2.45) is 7.05 Å². The SMILES string of the molecule is CCCCSc1sc2nc(-c3cncnc3)cc(-c3cnc(C)n3C)c2c1N. The number of aryl methyl sites for hydroxylation is 1. The van der Waals surface area contributed by atoms with Crippen molar-refractivity contribution in [2.75, 3.05) is 11.5 Å². The molecule has 4 aromatic rings. The Labute approximate surface area is 172 Å². The molecule has 4 rings (SSSR count). The minimum atomic E-state index is 0.818. The number of hydrogen-bond acceptors (Lipinski definition) is 7. The van der Waals surface area contributed by atoms with Crippen LogP contribution in [0.25, 0.3) is 32.7 Å². The van der Waals surface area contributed by atoms with Crippen LogP contribution >= 0.6 is 23.1 Å². The van der Waals surface area contributed by atoms with Crippen molar-refractivity contribution < 1.29 is 0 Å². The van der Waals surface area contributed by atoms with Crippen LogP contribution in [0.2, 0.25) is 0 Å². The van der Waals surface area contributed by atoms with Crippen LogP contribution in [0.1, 0.15) is 25.6 Å². The zero-order valence-corrected chi connectivity index (χ0v) is 17.8. The van der Waals surface area contributed by atoms with E-state index < -0.39 is 0 Å². The van der Waals surface area contributed by atoms with Gasteiger partial charge in [-0.25, -0.2) is 19.9 Å². The monoisotopic (exact) mass is 410 g/mol. The Morgan fingerprint density at radius 1 is 1.21 bits per heavy atom. The van der Waals surface area contributed by atoms with Crippen LogP contribution in [0.15, 0.2) is 35.2 Å². The number of imidazole rings is 1. The van der Waals surface area contributed by atoms with Gasteiger partial charge in [0.2, 0.25) is 0 Å². The van der Waals surface area contributed by atoms with Crippen LogP contribution in [-0.4, -0.2) is 30.3 Å². The third kappa shape index (κ3) is 3.38. The fraction of sp³-hybridized carbons (Fsp3) is 0.300. The van der Waals surface area contributed by atoms with Gasteiger partial charge in [-0.3, -0.25) is 0 Å². The Bertz CT molecular complexity index is 1120. The number of rotatable bonds is 6. The Morgan fingerprint density at radius 3 is 2.68 bits per heavy atom. The lowest BCUT2D eigenvalue weighted by Gasteiger charge is -2.09.